The van der Waals surface area contributed by atoms with E-state index < -0.39 is 0 Å². The van der Waals surface area contributed by atoms with E-state index in [1.54, 1.807) is 19.1 Å². The lowest BCUT2D eigenvalue weighted by atomic mass is 10.2. The van der Waals surface area contributed by atoms with Gasteiger partial charge in [-0.3, -0.25) is 0 Å². The Hall–Kier alpha value is -1.51. The van der Waals surface area contributed by atoms with Crippen molar-refractivity contribution < 1.29 is 9.53 Å². The van der Waals surface area contributed by atoms with Crippen LogP contribution in [0.25, 0.3) is 0 Å². The van der Waals surface area contributed by atoms with E-state index in [-0.39, 0.29) is 5.97 Å². The van der Waals surface area contributed by atoms with Crippen LogP contribution in [-0.4, -0.2) is 18.6 Å². The van der Waals surface area contributed by atoms with Gasteiger partial charge in [0.1, 0.15) is 0 Å². The molecule has 1 aromatic carbocycles. The summed E-state index contributed by atoms with van der Waals surface area (Å²) in [4.78, 5) is 11.3. The number of esters is 1. The standard InChI is InChI=1S/C12H17NO2/c1-4-15-12(14)10-5-7-11(8-6-10)13-9(2)3/h5-9,13H,4H2,1-3H3. The van der Waals surface area contributed by atoms with Crippen LogP contribution < -0.4 is 5.32 Å². The Morgan fingerprint density at radius 3 is 2.40 bits per heavy atom. The van der Waals surface area contributed by atoms with E-state index in [1.807, 2.05) is 12.1 Å². The molecule has 0 amide bonds. The second-order valence-electron chi connectivity index (χ2n) is 3.60. The van der Waals surface area contributed by atoms with E-state index in [0.29, 0.717) is 18.2 Å². The molecule has 82 valence electrons. The van der Waals surface area contributed by atoms with E-state index in [1.165, 1.54) is 0 Å². The fourth-order valence-corrected chi connectivity index (χ4v) is 1.25. The molecule has 15 heavy (non-hydrogen) atoms. The SMILES string of the molecule is CCOC(=O)c1ccc(NC(C)C)cc1. The van der Waals surface area contributed by atoms with Gasteiger partial charge >= 0.3 is 5.97 Å². The van der Waals surface area contributed by atoms with E-state index in [2.05, 4.69) is 19.2 Å². The molecule has 3 heteroatoms. The molecule has 0 atom stereocenters. The molecule has 0 heterocycles. The van der Waals surface area contributed by atoms with Crippen LogP contribution in [0, 0.1) is 0 Å². The van der Waals surface area contributed by atoms with Crippen molar-refractivity contribution in [3.05, 3.63) is 29.8 Å². The van der Waals surface area contributed by atoms with Crippen LogP contribution in [-0.2, 0) is 4.74 Å². The second-order valence-corrected chi connectivity index (χ2v) is 3.60. The molecule has 0 unspecified atom stereocenters. The minimum Gasteiger partial charge on any atom is -0.462 e. The number of rotatable bonds is 4. The Morgan fingerprint density at radius 1 is 1.33 bits per heavy atom. The van der Waals surface area contributed by atoms with E-state index in [0.717, 1.165) is 5.69 Å². The Balaban J connectivity index is 2.67. The highest BCUT2D eigenvalue weighted by atomic mass is 16.5. The van der Waals surface area contributed by atoms with Gasteiger partial charge in [-0.1, -0.05) is 0 Å². The number of anilines is 1. The van der Waals surface area contributed by atoms with Crippen molar-refractivity contribution in [2.45, 2.75) is 26.8 Å². The summed E-state index contributed by atoms with van der Waals surface area (Å²) in [6, 6.07) is 7.68. The smallest absolute Gasteiger partial charge is 0.338 e. The molecule has 0 saturated carbocycles. The van der Waals surface area contributed by atoms with Gasteiger partial charge in [-0.2, -0.15) is 0 Å². The van der Waals surface area contributed by atoms with Crippen molar-refractivity contribution in [1.29, 1.82) is 0 Å². The van der Waals surface area contributed by atoms with Crippen LogP contribution in [0.1, 0.15) is 31.1 Å². The van der Waals surface area contributed by atoms with Gasteiger partial charge in [0.2, 0.25) is 0 Å². The number of hydrogen-bond donors (Lipinski definition) is 1. The lowest BCUT2D eigenvalue weighted by Gasteiger charge is -2.10. The zero-order valence-electron chi connectivity index (χ0n) is 9.41. The first-order chi connectivity index (χ1) is 7.13. The highest BCUT2D eigenvalue weighted by Crippen LogP contribution is 2.11. The second kappa shape index (κ2) is 5.39. The molecule has 3 nitrogen and oxygen atoms in total. The molecular formula is C12H17NO2. The number of nitrogens with one attached hydrogen (secondary N) is 1. The van der Waals surface area contributed by atoms with E-state index in [9.17, 15) is 4.79 Å². The Kier molecular flexibility index (Phi) is 4.16. The van der Waals surface area contributed by atoms with Gasteiger partial charge in [-0.15, -0.1) is 0 Å². The average molecular weight is 207 g/mol. The molecule has 0 bridgehead atoms. The maximum Gasteiger partial charge on any atom is 0.338 e. The molecule has 0 aromatic heterocycles. The molecule has 1 aromatic rings. The molecule has 1 N–H and O–H groups in total. The van der Waals surface area contributed by atoms with Crippen molar-refractivity contribution in [1.82, 2.24) is 0 Å². The summed E-state index contributed by atoms with van der Waals surface area (Å²) in [5.74, 6) is -0.270. The number of ether oxygens (including phenoxy) is 1. The Morgan fingerprint density at radius 2 is 1.93 bits per heavy atom. The summed E-state index contributed by atoms with van der Waals surface area (Å²) >= 11 is 0. The van der Waals surface area contributed by atoms with Gasteiger partial charge < -0.3 is 10.1 Å². The zero-order valence-corrected chi connectivity index (χ0v) is 9.41. The van der Waals surface area contributed by atoms with Crippen molar-refractivity contribution in [2.75, 3.05) is 11.9 Å². The predicted molar refractivity (Wildman–Crippen MR) is 61.2 cm³/mol. The first-order valence-corrected chi connectivity index (χ1v) is 5.17. The summed E-state index contributed by atoms with van der Waals surface area (Å²) < 4.78 is 4.89. The van der Waals surface area contributed by atoms with Gasteiger partial charge in [0.05, 0.1) is 12.2 Å². The molecule has 0 aliphatic rings. The van der Waals surface area contributed by atoms with Gasteiger partial charge in [0, 0.05) is 11.7 Å². The quantitative estimate of drug-likeness (QED) is 0.771. The number of hydrogen-bond acceptors (Lipinski definition) is 3. The van der Waals surface area contributed by atoms with Crippen molar-refractivity contribution in [3.8, 4) is 0 Å². The highest BCUT2D eigenvalue weighted by molar-refractivity contribution is 5.89. The maximum absolute atomic E-state index is 11.3. The lowest BCUT2D eigenvalue weighted by Crippen LogP contribution is -2.10. The fraction of sp³-hybridized carbons (Fsp3) is 0.417. The first kappa shape index (κ1) is 11.6. The number of benzene rings is 1. The summed E-state index contributed by atoms with van der Waals surface area (Å²) in [6.45, 7) is 6.34. The topological polar surface area (TPSA) is 38.3 Å². The van der Waals surface area contributed by atoms with Gasteiger partial charge in [-0.25, -0.2) is 4.79 Å². The molecule has 0 aliphatic carbocycles. The van der Waals surface area contributed by atoms with E-state index in [4.69, 9.17) is 4.74 Å². The molecule has 0 saturated heterocycles. The van der Waals surface area contributed by atoms with Gasteiger partial charge in [0.25, 0.3) is 0 Å². The summed E-state index contributed by atoms with van der Waals surface area (Å²) in [5, 5.41) is 3.25. The number of carbonyl (C=O) groups excluding carboxylic acids is 1. The summed E-state index contributed by atoms with van der Waals surface area (Å²) in [5.41, 5.74) is 1.60. The number of carbonyl (C=O) groups is 1. The van der Waals surface area contributed by atoms with Crippen LogP contribution in [0.2, 0.25) is 0 Å². The predicted octanol–water partition coefficient (Wildman–Crippen LogP) is 2.68. The lowest BCUT2D eigenvalue weighted by molar-refractivity contribution is 0.0526. The van der Waals surface area contributed by atoms with Crippen LogP contribution in [0.5, 0.6) is 0 Å². The third-order valence-electron chi connectivity index (χ3n) is 1.85. The van der Waals surface area contributed by atoms with Gasteiger partial charge in [0.15, 0.2) is 0 Å². The largest absolute Gasteiger partial charge is 0.462 e. The molecular weight excluding hydrogens is 190 g/mol. The zero-order chi connectivity index (χ0) is 11.3. The Bertz CT molecular complexity index is 317. The minimum atomic E-state index is -0.270. The minimum absolute atomic E-state index is 0.270. The maximum atomic E-state index is 11.3. The monoisotopic (exact) mass is 207 g/mol. The summed E-state index contributed by atoms with van der Waals surface area (Å²) in [6.07, 6.45) is 0. The van der Waals surface area contributed by atoms with E-state index >= 15 is 0 Å². The van der Waals surface area contributed by atoms with Crippen LogP contribution >= 0.6 is 0 Å². The van der Waals surface area contributed by atoms with Crippen molar-refractivity contribution in [2.24, 2.45) is 0 Å². The van der Waals surface area contributed by atoms with Crippen LogP contribution in [0.15, 0.2) is 24.3 Å². The fourth-order valence-electron chi connectivity index (χ4n) is 1.25. The highest BCUT2D eigenvalue weighted by Gasteiger charge is 2.05. The molecule has 0 spiro atoms. The molecule has 0 fully saturated rings. The normalized spacial score (nSPS) is 10.1. The van der Waals surface area contributed by atoms with Crippen LogP contribution in [0.4, 0.5) is 5.69 Å². The van der Waals surface area contributed by atoms with Crippen molar-refractivity contribution in [3.63, 3.8) is 0 Å². The van der Waals surface area contributed by atoms with Crippen molar-refractivity contribution >= 4 is 11.7 Å². The molecule has 0 radical (unpaired) electrons. The summed E-state index contributed by atoms with van der Waals surface area (Å²) in [7, 11) is 0. The first-order valence-electron chi connectivity index (χ1n) is 5.17. The van der Waals surface area contributed by atoms with Gasteiger partial charge in [-0.05, 0) is 45.0 Å². The average Bonchev–Trinajstić information content (AvgIpc) is 2.18. The molecule has 0 aliphatic heterocycles. The third kappa shape index (κ3) is 3.62. The molecule has 1 rings (SSSR count). The third-order valence-corrected chi connectivity index (χ3v) is 1.85. The van der Waals surface area contributed by atoms with Crippen LogP contribution in [0.3, 0.4) is 0 Å². The Labute approximate surface area is 90.4 Å².